The molecule has 1 aromatic carbocycles. The highest BCUT2D eigenvalue weighted by Crippen LogP contribution is 2.30. The molecule has 1 saturated carbocycles. The molecular weight excluding hydrogens is 276 g/mol. The van der Waals surface area contributed by atoms with Gasteiger partial charge in [0.15, 0.2) is 0 Å². The van der Waals surface area contributed by atoms with E-state index in [1.807, 2.05) is 11.8 Å². The number of benzene rings is 1. The van der Waals surface area contributed by atoms with Crippen molar-refractivity contribution in [3.05, 3.63) is 24.3 Å². The first-order valence-corrected chi connectivity index (χ1v) is 8.50. The van der Waals surface area contributed by atoms with E-state index in [1.54, 1.807) is 24.3 Å². The number of anilines is 1. The SMILES string of the molecule is CCC1(O)CN(c2ccc(S(=O)(=O)NC3CC3)cc2)C1. The number of hydrogen-bond acceptors (Lipinski definition) is 4. The maximum atomic E-state index is 12.0. The number of hydrogen-bond donors (Lipinski definition) is 2. The van der Waals surface area contributed by atoms with Crippen LogP contribution >= 0.6 is 0 Å². The molecule has 110 valence electrons. The standard InChI is InChI=1S/C14H20N2O3S/c1-2-14(17)9-16(10-14)12-5-7-13(8-6-12)20(18,19)15-11-3-4-11/h5-8,11,15,17H,2-4,9-10H2,1H3. The van der Waals surface area contributed by atoms with Crippen molar-refractivity contribution in [2.75, 3.05) is 18.0 Å². The highest BCUT2D eigenvalue weighted by Gasteiger charge is 2.39. The minimum atomic E-state index is -3.37. The summed E-state index contributed by atoms with van der Waals surface area (Å²) in [5, 5.41) is 9.99. The Labute approximate surface area is 119 Å². The van der Waals surface area contributed by atoms with Crippen LogP contribution in [-0.2, 0) is 10.0 Å². The van der Waals surface area contributed by atoms with Crippen LogP contribution in [0.1, 0.15) is 26.2 Å². The summed E-state index contributed by atoms with van der Waals surface area (Å²) in [4.78, 5) is 2.35. The Morgan fingerprint density at radius 1 is 1.30 bits per heavy atom. The molecule has 1 heterocycles. The van der Waals surface area contributed by atoms with E-state index in [0.29, 0.717) is 18.0 Å². The van der Waals surface area contributed by atoms with Gasteiger partial charge in [0.25, 0.3) is 0 Å². The van der Waals surface area contributed by atoms with Gasteiger partial charge >= 0.3 is 0 Å². The number of sulfonamides is 1. The zero-order valence-electron chi connectivity index (χ0n) is 11.5. The van der Waals surface area contributed by atoms with Crippen molar-refractivity contribution in [2.24, 2.45) is 0 Å². The molecule has 1 aliphatic carbocycles. The Morgan fingerprint density at radius 2 is 1.90 bits per heavy atom. The third-order valence-corrected chi connectivity index (χ3v) is 5.58. The van der Waals surface area contributed by atoms with Gasteiger partial charge in [-0.3, -0.25) is 0 Å². The number of nitrogens with zero attached hydrogens (tertiary/aromatic N) is 1. The average molecular weight is 296 g/mol. The molecule has 2 N–H and O–H groups in total. The minimum absolute atomic E-state index is 0.120. The Kier molecular flexibility index (Phi) is 3.27. The lowest BCUT2D eigenvalue weighted by Gasteiger charge is -2.47. The van der Waals surface area contributed by atoms with Gasteiger partial charge in [0, 0.05) is 24.8 Å². The maximum Gasteiger partial charge on any atom is 0.240 e. The molecule has 6 heteroatoms. The zero-order chi connectivity index (χ0) is 14.4. The summed E-state index contributed by atoms with van der Waals surface area (Å²) < 4.78 is 26.7. The molecule has 0 aromatic heterocycles. The first-order valence-electron chi connectivity index (χ1n) is 7.02. The van der Waals surface area contributed by atoms with E-state index in [-0.39, 0.29) is 6.04 Å². The average Bonchev–Trinajstić information content (AvgIpc) is 3.18. The topological polar surface area (TPSA) is 69.6 Å². The monoisotopic (exact) mass is 296 g/mol. The zero-order valence-corrected chi connectivity index (χ0v) is 12.4. The number of β-amino-alcohol motifs (C(OH)–C–C–N with tert-alkyl or cyclic N) is 1. The molecule has 2 fully saturated rings. The van der Waals surface area contributed by atoms with Gasteiger partial charge in [-0.15, -0.1) is 0 Å². The lowest BCUT2D eigenvalue weighted by molar-refractivity contribution is 0.00852. The molecule has 1 aliphatic heterocycles. The van der Waals surface area contributed by atoms with Gasteiger partial charge in [-0.25, -0.2) is 13.1 Å². The van der Waals surface area contributed by atoms with E-state index < -0.39 is 15.6 Å². The first-order chi connectivity index (χ1) is 9.42. The van der Waals surface area contributed by atoms with Crippen molar-refractivity contribution in [1.82, 2.24) is 4.72 Å². The molecule has 0 bridgehead atoms. The Bertz CT molecular complexity index is 587. The molecule has 1 aromatic rings. The lowest BCUT2D eigenvalue weighted by atomic mass is 9.91. The fourth-order valence-electron chi connectivity index (χ4n) is 2.40. The summed E-state index contributed by atoms with van der Waals surface area (Å²) in [7, 11) is -3.37. The maximum absolute atomic E-state index is 12.0. The van der Waals surface area contributed by atoms with Gasteiger partial charge in [0.05, 0.1) is 10.5 Å². The van der Waals surface area contributed by atoms with E-state index in [4.69, 9.17) is 0 Å². The van der Waals surface area contributed by atoms with E-state index in [9.17, 15) is 13.5 Å². The van der Waals surface area contributed by atoms with Crippen LogP contribution in [-0.4, -0.2) is 38.3 Å². The van der Waals surface area contributed by atoms with Crippen LogP contribution in [0.3, 0.4) is 0 Å². The molecule has 0 unspecified atom stereocenters. The molecule has 5 nitrogen and oxygen atoms in total. The number of nitrogens with one attached hydrogen (secondary N) is 1. The normalized spacial score (nSPS) is 21.6. The van der Waals surface area contributed by atoms with E-state index in [1.165, 1.54) is 0 Å². The van der Waals surface area contributed by atoms with Gasteiger partial charge in [-0.1, -0.05) is 6.92 Å². The predicted octanol–water partition coefficient (Wildman–Crippen LogP) is 1.09. The summed E-state index contributed by atoms with van der Waals surface area (Å²) in [6.07, 6.45) is 2.60. The van der Waals surface area contributed by atoms with Crippen molar-refractivity contribution in [3.63, 3.8) is 0 Å². The molecule has 0 atom stereocenters. The Hall–Kier alpha value is -1.11. The van der Waals surface area contributed by atoms with Gasteiger partial charge in [0.2, 0.25) is 10.0 Å². The van der Waals surface area contributed by atoms with Crippen LogP contribution in [0.15, 0.2) is 29.2 Å². The summed E-state index contributed by atoms with van der Waals surface area (Å²) in [5.41, 5.74) is 0.367. The summed E-state index contributed by atoms with van der Waals surface area (Å²) in [6.45, 7) is 3.18. The fourth-order valence-corrected chi connectivity index (χ4v) is 3.70. The second kappa shape index (κ2) is 4.72. The molecule has 3 rings (SSSR count). The van der Waals surface area contributed by atoms with Crippen LogP contribution in [0.4, 0.5) is 5.69 Å². The van der Waals surface area contributed by atoms with Crippen LogP contribution in [0.5, 0.6) is 0 Å². The summed E-state index contributed by atoms with van der Waals surface area (Å²) >= 11 is 0. The smallest absolute Gasteiger partial charge is 0.240 e. The largest absolute Gasteiger partial charge is 0.386 e. The van der Waals surface area contributed by atoms with E-state index >= 15 is 0 Å². The van der Waals surface area contributed by atoms with Crippen LogP contribution in [0, 0.1) is 0 Å². The van der Waals surface area contributed by atoms with E-state index in [0.717, 1.165) is 24.9 Å². The van der Waals surface area contributed by atoms with Crippen LogP contribution in [0.25, 0.3) is 0 Å². The van der Waals surface area contributed by atoms with Crippen molar-refractivity contribution in [1.29, 1.82) is 0 Å². The summed E-state index contributed by atoms with van der Waals surface area (Å²) in [6, 6.07) is 6.98. The second-order valence-corrected chi connectivity index (χ2v) is 7.54. The molecule has 20 heavy (non-hydrogen) atoms. The van der Waals surface area contributed by atoms with Gasteiger partial charge in [0.1, 0.15) is 0 Å². The van der Waals surface area contributed by atoms with Crippen molar-refractivity contribution in [3.8, 4) is 0 Å². The Morgan fingerprint density at radius 3 is 2.40 bits per heavy atom. The molecule has 0 radical (unpaired) electrons. The highest BCUT2D eigenvalue weighted by molar-refractivity contribution is 7.89. The first kappa shape index (κ1) is 13.9. The Balaban J connectivity index is 1.69. The van der Waals surface area contributed by atoms with Crippen molar-refractivity contribution < 1.29 is 13.5 Å². The second-order valence-electron chi connectivity index (χ2n) is 5.82. The van der Waals surface area contributed by atoms with E-state index in [2.05, 4.69) is 4.72 Å². The lowest BCUT2D eigenvalue weighted by Crippen LogP contribution is -2.61. The predicted molar refractivity (Wildman–Crippen MR) is 77.2 cm³/mol. The molecule has 1 saturated heterocycles. The van der Waals surface area contributed by atoms with Gasteiger partial charge in [-0.2, -0.15) is 0 Å². The van der Waals surface area contributed by atoms with Crippen LogP contribution in [0.2, 0.25) is 0 Å². The summed E-state index contributed by atoms with van der Waals surface area (Å²) in [5.74, 6) is 0. The molecule has 2 aliphatic rings. The quantitative estimate of drug-likeness (QED) is 0.853. The van der Waals surface area contributed by atoms with Crippen LogP contribution < -0.4 is 9.62 Å². The van der Waals surface area contributed by atoms with Gasteiger partial charge < -0.3 is 10.0 Å². The fraction of sp³-hybridized carbons (Fsp3) is 0.571. The third-order valence-electron chi connectivity index (χ3n) is 4.04. The van der Waals surface area contributed by atoms with Crippen molar-refractivity contribution in [2.45, 2.75) is 42.7 Å². The minimum Gasteiger partial charge on any atom is -0.386 e. The molecule has 0 amide bonds. The van der Waals surface area contributed by atoms with Gasteiger partial charge in [-0.05, 0) is 43.5 Å². The molecular formula is C14H20N2O3S. The number of aliphatic hydroxyl groups is 1. The molecule has 0 spiro atoms. The van der Waals surface area contributed by atoms with Crippen molar-refractivity contribution >= 4 is 15.7 Å². The number of rotatable bonds is 5. The third kappa shape index (κ3) is 2.68. The highest BCUT2D eigenvalue weighted by atomic mass is 32.2.